The highest BCUT2D eigenvalue weighted by Crippen LogP contribution is 2.29. The van der Waals surface area contributed by atoms with E-state index in [4.69, 9.17) is 4.42 Å². The van der Waals surface area contributed by atoms with Gasteiger partial charge in [-0.25, -0.2) is 9.37 Å². The fourth-order valence-corrected chi connectivity index (χ4v) is 4.34. The first-order valence-electron chi connectivity index (χ1n) is 9.78. The van der Waals surface area contributed by atoms with Gasteiger partial charge in [0.1, 0.15) is 11.3 Å². The molecule has 2 aromatic carbocycles. The lowest BCUT2D eigenvalue weighted by Crippen LogP contribution is -2.38. The van der Waals surface area contributed by atoms with Crippen LogP contribution >= 0.6 is 11.3 Å². The molecule has 1 N–H and O–H groups in total. The lowest BCUT2D eigenvalue weighted by molar-refractivity contribution is -0.120. The Morgan fingerprint density at radius 2 is 1.87 bits per heavy atom. The van der Waals surface area contributed by atoms with Crippen LogP contribution in [-0.4, -0.2) is 29.0 Å². The quantitative estimate of drug-likeness (QED) is 0.504. The van der Waals surface area contributed by atoms with E-state index < -0.39 is 0 Å². The summed E-state index contributed by atoms with van der Waals surface area (Å²) < 4.78 is 18.9. The van der Waals surface area contributed by atoms with E-state index in [9.17, 15) is 9.18 Å². The maximum atomic E-state index is 13.1. The molecule has 1 aliphatic rings. The lowest BCUT2D eigenvalue weighted by atomic mass is 9.96. The summed E-state index contributed by atoms with van der Waals surface area (Å²) in [7, 11) is 0. The molecule has 0 saturated carbocycles. The number of anilines is 2. The number of hydrogen-bond acceptors (Lipinski definition) is 6. The number of halogens is 1. The van der Waals surface area contributed by atoms with E-state index in [2.05, 4.69) is 20.2 Å². The average molecular weight is 422 g/mol. The molecule has 0 aliphatic carbocycles. The molecule has 1 saturated heterocycles. The zero-order valence-electron chi connectivity index (χ0n) is 16.0. The van der Waals surface area contributed by atoms with E-state index in [0.717, 1.165) is 35.2 Å². The molecule has 1 fully saturated rings. The number of nitrogens with one attached hydrogen (secondary N) is 1. The normalized spacial score (nSPS) is 14.9. The first-order chi connectivity index (χ1) is 14.7. The smallest absolute Gasteiger partial charge is 0.298 e. The Hall–Kier alpha value is -3.26. The summed E-state index contributed by atoms with van der Waals surface area (Å²) in [6, 6.07) is 14.5. The summed E-state index contributed by atoms with van der Waals surface area (Å²) in [6.07, 6.45) is 1.45. The van der Waals surface area contributed by atoms with Crippen LogP contribution in [0.15, 0.2) is 58.3 Å². The minimum Gasteiger partial charge on any atom is -0.423 e. The second-order valence-corrected chi connectivity index (χ2v) is 8.12. The molecular formula is C22H19FN4O2S. The predicted molar refractivity (Wildman–Crippen MR) is 115 cm³/mol. The van der Waals surface area contributed by atoms with Crippen molar-refractivity contribution in [2.45, 2.75) is 12.8 Å². The number of oxazole rings is 1. The van der Waals surface area contributed by atoms with Gasteiger partial charge in [0.15, 0.2) is 10.7 Å². The minimum absolute atomic E-state index is 0.0211. The fourth-order valence-electron chi connectivity index (χ4n) is 3.62. The molecule has 8 heteroatoms. The van der Waals surface area contributed by atoms with Crippen LogP contribution in [0.3, 0.4) is 0 Å². The highest BCUT2D eigenvalue weighted by atomic mass is 32.1. The summed E-state index contributed by atoms with van der Waals surface area (Å²) in [5.41, 5.74) is 3.15. The van der Waals surface area contributed by atoms with Crippen molar-refractivity contribution >= 4 is 39.5 Å². The van der Waals surface area contributed by atoms with Crippen molar-refractivity contribution in [2.24, 2.45) is 5.92 Å². The van der Waals surface area contributed by atoms with Gasteiger partial charge < -0.3 is 14.6 Å². The van der Waals surface area contributed by atoms with Crippen LogP contribution in [0.5, 0.6) is 0 Å². The van der Waals surface area contributed by atoms with E-state index >= 15 is 0 Å². The number of thiazole rings is 1. The fraction of sp³-hybridized carbons (Fsp3) is 0.227. The summed E-state index contributed by atoms with van der Waals surface area (Å²) in [5, 5.41) is 5.34. The van der Waals surface area contributed by atoms with E-state index in [-0.39, 0.29) is 17.6 Å². The lowest BCUT2D eigenvalue weighted by Gasteiger charge is -2.29. The first kappa shape index (κ1) is 18.7. The van der Waals surface area contributed by atoms with Crippen LogP contribution in [0.4, 0.5) is 15.5 Å². The van der Waals surface area contributed by atoms with Crippen LogP contribution in [0.2, 0.25) is 0 Å². The number of rotatable bonds is 4. The zero-order chi connectivity index (χ0) is 20.5. The number of amides is 1. The van der Waals surface area contributed by atoms with Gasteiger partial charge in [-0.15, -0.1) is 11.3 Å². The van der Waals surface area contributed by atoms with Gasteiger partial charge in [-0.1, -0.05) is 12.1 Å². The number of piperidine rings is 1. The third-order valence-electron chi connectivity index (χ3n) is 5.29. The van der Waals surface area contributed by atoms with Crippen molar-refractivity contribution in [3.8, 4) is 11.3 Å². The van der Waals surface area contributed by atoms with Crippen molar-refractivity contribution in [2.75, 3.05) is 23.3 Å². The Labute approximate surface area is 176 Å². The van der Waals surface area contributed by atoms with Crippen LogP contribution in [-0.2, 0) is 4.79 Å². The summed E-state index contributed by atoms with van der Waals surface area (Å²) in [6.45, 7) is 1.42. The molecule has 5 rings (SSSR count). The number of aromatic nitrogens is 2. The van der Waals surface area contributed by atoms with Gasteiger partial charge in [0, 0.05) is 30.0 Å². The Morgan fingerprint density at radius 3 is 2.63 bits per heavy atom. The van der Waals surface area contributed by atoms with Crippen molar-refractivity contribution in [1.29, 1.82) is 0 Å². The number of fused-ring (bicyclic) bond motifs is 1. The van der Waals surface area contributed by atoms with Gasteiger partial charge in [-0.05, 0) is 49.2 Å². The molecule has 0 bridgehead atoms. The number of benzene rings is 2. The summed E-state index contributed by atoms with van der Waals surface area (Å²) >= 11 is 1.37. The Balaban J connectivity index is 1.19. The van der Waals surface area contributed by atoms with Crippen LogP contribution in [0, 0.1) is 11.7 Å². The van der Waals surface area contributed by atoms with Gasteiger partial charge in [-0.3, -0.25) is 4.79 Å². The first-order valence-corrected chi connectivity index (χ1v) is 10.7. The third-order valence-corrected chi connectivity index (χ3v) is 6.05. The molecule has 2 aromatic heterocycles. The Morgan fingerprint density at radius 1 is 1.10 bits per heavy atom. The number of hydrogen-bond donors (Lipinski definition) is 1. The highest BCUT2D eigenvalue weighted by molar-refractivity contribution is 7.14. The third kappa shape index (κ3) is 3.78. The van der Waals surface area contributed by atoms with Gasteiger partial charge in [0.2, 0.25) is 5.91 Å². The number of nitrogens with zero attached hydrogens (tertiary/aromatic N) is 3. The monoisotopic (exact) mass is 422 g/mol. The minimum atomic E-state index is -0.285. The molecule has 0 radical (unpaired) electrons. The second kappa shape index (κ2) is 7.87. The number of carbonyl (C=O) groups is 1. The van der Waals surface area contributed by atoms with Crippen molar-refractivity contribution in [3.63, 3.8) is 0 Å². The average Bonchev–Trinajstić information content (AvgIpc) is 3.41. The maximum Gasteiger partial charge on any atom is 0.298 e. The van der Waals surface area contributed by atoms with Crippen LogP contribution in [0.1, 0.15) is 12.8 Å². The molecule has 1 aliphatic heterocycles. The predicted octanol–water partition coefficient (Wildman–Crippen LogP) is 4.95. The van der Waals surface area contributed by atoms with Crippen molar-refractivity contribution in [1.82, 2.24) is 9.97 Å². The molecule has 30 heavy (non-hydrogen) atoms. The van der Waals surface area contributed by atoms with Gasteiger partial charge in [0.25, 0.3) is 6.01 Å². The molecule has 0 spiro atoms. The van der Waals surface area contributed by atoms with Crippen LogP contribution < -0.4 is 10.2 Å². The molecule has 6 nitrogen and oxygen atoms in total. The molecule has 1 amide bonds. The Bertz CT molecular complexity index is 1150. The zero-order valence-corrected chi connectivity index (χ0v) is 16.9. The van der Waals surface area contributed by atoms with Gasteiger partial charge in [-0.2, -0.15) is 4.98 Å². The maximum absolute atomic E-state index is 13.1. The molecule has 152 valence electrons. The van der Waals surface area contributed by atoms with E-state index in [0.29, 0.717) is 24.2 Å². The van der Waals surface area contributed by atoms with Crippen molar-refractivity contribution in [3.05, 3.63) is 59.7 Å². The van der Waals surface area contributed by atoms with E-state index in [1.54, 1.807) is 12.1 Å². The second-order valence-electron chi connectivity index (χ2n) is 7.26. The van der Waals surface area contributed by atoms with E-state index in [1.165, 1.54) is 23.5 Å². The van der Waals surface area contributed by atoms with E-state index in [1.807, 2.05) is 29.6 Å². The largest absolute Gasteiger partial charge is 0.423 e. The summed E-state index contributed by atoms with van der Waals surface area (Å²) in [4.78, 5) is 23.8. The Kier molecular flexibility index (Phi) is 4.92. The van der Waals surface area contributed by atoms with Crippen LogP contribution in [0.25, 0.3) is 22.4 Å². The SMILES string of the molecule is O=C(Nc1nc(-c2ccc(F)cc2)cs1)C1CCN(c2nc3ccccc3o2)CC1. The topological polar surface area (TPSA) is 71.3 Å². The summed E-state index contributed by atoms with van der Waals surface area (Å²) in [5.74, 6) is -0.386. The standard InChI is InChI=1S/C22H19FN4O2S/c23-16-7-5-14(6-8-16)18-13-30-21(24-18)26-20(28)15-9-11-27(12-10-15)22-25-17-3-1-2-4-19(17)29-22/h1-8,13,15H,9-12H2,(H,24,26,28). The molecule has 3 heterocycles. The molecule has 0 unspecified atom stereocenters. The number of para-hydroxylation sites is 2. The molecular weight excluding hydrogens is 403 g/mol. The van der Waals surface area contributed by atoms with Crippen molar-refractivity contribution < 1.29 is 13.6 Å². The van der Waals surface area contributed by atoms with Gasteiger partial charge >= 0.3 is 0 Å². The number of carbonyl (C=O) groups excluding carboxylic acids is 1. The van der Waals surface area contributed by atoms with Gasteiger partial charge in [0.05, 0.1) is 5.69 Å². The molecule has 4 aromatic rings. The molecule has 0 atom stereocenters. The highest BCUT2D eigenvalue weighted by Gasteiger charge is 2.27.